The third-order valence-corrected chi connectivity index (χ3v) is 4.13. The number of nitrogens with one attached hydrogen (secondary N) is 1. The van der Waals surface area contributed by atoms with Gasteiger partial charge in [0.25, 0.3) is 0 Å². The van der Waals surface area contributed by atoms with E-state index in [0.717, 1.165) is 13.2 Å². The van der Waals surface area contributed by atoms with Crippen LogP contribution in [-0.4, -0.2) is 49.8 Å². The molecule has 0 amide bonds. The Morgan fingerprint density at radius 3 is 2.69 bits per heavy atom. The van der Waals surface area contributed by atoms with Crippen molar-refractivity contribution in [3.8, 4) is 0 Å². The van der Waals surface area contributed by atoms with E-state index < -0.39 is 0 Å². The van der Waals surface area contributed by atoms with Gasteiger partial charge < -0.3 is 10.1 Å². The van der Waals surface area contributed by atoms with Gasteiger partial charge in [0.15, 0.2) is 0 Å². The molecular formula is C13H26N2O. The Morgan fingerprint density at radius 2 is 2.00 bits per heavy atom. The summed E-state index contributed by atoms with van der Waals surface area (Å²) in [7, 11) is 0. The molecule has 16 heavy (non-hydrogen) atoms. The van der Waals surface area contributed by atoms with E-state index >= 15 is 0 Å². The van der Waals surface area contributed by atoms with Crippen LogP contribution < -0.4 is 5.32 Å². The summed E-state index contributed by atoms with van der Waals surface area (Å²) < 4.78 is 5.69. The monoisotopic (exact) mass is 226 g/mol. The molecule has 0 aromatic heterocycles. The van der Waals surface area contributed by atoms with Gasteiger partial charge in [0.05, 0.1) is 12.7 Å². The van der Waals surface area contributed by atoms with Gasteiger partial charge in [0.1, 0.15) is 0 Å². The standard InChI is InChI=1S/C13H26N2O/c1-11-9-16-12(2)8-15(11)10-13(3)4-6-14-7-5-13/h11-12,14H,4-10H2,1-3H3. The maximum atomic E-state index is 5.69. The predicted molar refractivity (Wildman–Crippen MR) is 66.7 cm³/mol. The van der Waals surface area contributed by atoms with Crippen molar-refractivity contribution in [2.45, 2.75) is 45.8 Å². The summed E-state index contributed by atoms with van der Waals surface area (Å²) in [4.78, 5) is 2.62. The molecule has 2 heterocycles. The van der Waals surface area contributed by atoms with Gasteiger partial charge in [-0.2, -0.15) is 0 Å². The van der Waals surface area contributed by atoms with Gasteiger partial charge in [0.2, 0.25) is 0 Å². The van der Waals surface area contributed by atoms with Gasteiger partial charge in [0, 0.05) is 19.1 Å². The lowest BCUT2D eigenvalue weighted by Crippen LogP contribution is -2.52. The van der Waals surface area contributed by atoms with E-state index in [1.807, 2.05) is 0 Å². The summed E-state index contributed by atoms with van der Waals surface area (Å²) in [5.41, 5.74) is 0.510. The second kappa shape index (κ2) is 5.03. The van der Waals surface area contributed by atoms with E-state index in [0.29, 0.717) is 17.6 Å². The van der Waals surface area contributed by atoms with Crippen molar-refractivity contribution in [2.75, 3.05) is 32.8 Å². The highest BCUT2D eigenvalue weighted by Crippen LogP contribution is 2.30. The normalized spacial score (nSPS) is 36.2. The first-order chi connectivity index (χ1) is 7.59. The Kier molecular flexibility index (Phi) is 3.88. The SMILES string of the molecule is CC1CN(CC2(C)CCNCC2)C(C)CO1. The third kappa shape index (κ3) is 2.96. The van der Waals surface area contributed by atoms with Crippen LogP contribution in [0.25, 0.3) is 0 Å². The Labute approximate surface area is 99.5 Å². The molecule has 2 rings (SSSR count). The lowest BCUT2D eigenvalue weighted by molar-refractivity contribution is -0.0642. The van der Waals surface area contributed by atoms with Crippen molar-refractivity contribution in [2.24, 2.45) is 5.41 Å². The number of piperidine rings is 1. The molecule has 2 saturated heterocycles. The Morgan fingerprint density at radius 1 is 1.31 bits per heavy atom. The largest absolute Gasteiger partial charge is 0.376 e. The third-order valence-electron chi connectivity index (χ3n) is 4.13. The minimum atomic E-state index is 0.404. The van der Waals surface area contributed by atoms with Crippen LogP contribution in [0.2, 0.25) is 0 Å². The van der Waals surface area contributed by atoms with Crippen molar-refractivity contribution in [3.63, 3.8) is 0 Å². The van der Waals surface area contributed by atoms with Crippen LogP contribution in [0, 0.1) is 5.41 Å². The van der Waals surface area contributed by atoms with Crippen molar-refractivity contribution >= 4 is 0 Å². The predicted octanol–water partition coefficient (Wildman–Crippen LogP) is 1.49. The van der Waals surface area contributed by atoms with Gasteiger partial charge in [-0.3, -0.25) is 4.90 Å². The average molecular weight is 226 g/mol. The maximum absolute atomic E-state index is 5.69. The summed E-state index contributed by atoms with van der Waals surface area (Å²) in [6, 6.07) is 0.586. The van der Waals surface area contributed by atoms with Crippen LogP contribution in [0.15, 0.2) is 0 Å². The summed E-state index contributed by atoms with van der Waals surface area (Å²) >= 11 is 0. The van der Waals surface area contributed by atoms with Gasteiger partial charge in [-0.25, -0.2) is 0 Å². The van der Waals surface area contributed by atoms with Crippen LogP contribution in [0.3, 0.4) is 0 Å². The minimum absolute atomic E-state index is 0.404. The number of hydrogen-bond donors (Lipinski definition) is 1. The highest BCUT2D eigenvalue weighted by molar-refractivity contribution is 4.87. The Balaban J connectivity index is 1.91. The number of morpholine rings is 1. The second-order valence-corrected chi connectivity index (χ2v) is 5.98. The topological polar surface area (TPSA) is 24.5 Å². The van der Waals surface area contributed by atoms with Crippen LogP contribution in [0.5, 0.6) is 0 Å². The fourth-order valence-corrected chi connectivity index (χ4v) is 2.87. The highest BCUT2D eigenvalue weighted by atomic mass is 16.5. The molecule has 0 radical (unpaired) electrons. The van der Waals surface area contributed by atoms with Gasteiger partial charge in [-0.15, -0.1) is 0 Å². The first-order valence-electron chi connectivity index (χ1n) is 6.65. The molecule has 2 unspecified atom stereocenters. The van der Waals surface area contributed by atoms with Crippen LogP contribution in [-0.2, 0) is 4.74 Å². The molecule has 0 saturated carbocycles. The number of ether oxygens (including phenoxy) is 1. The van der Waals surface area contributed by atoms with E-state index in [1.165, 1.54) is 32.5 Å². The fourth-order valence-electron chi connectivity index (χ4n) is 2.87. The lowest BCUT2D eigenvalue weighted by Gasteiger charge is -2.44. The van der Waals surface area contributed by atoms with Crippen molar-refractivity contribution < 1.29 is 4.74 Å². The number of nitrogens with zero attached hydrogens (tertiary/aromatic N) is 1. The van der Waals surface area contributed by atoms with Crippen LogP contribution in [0.1, 0.15) is 33.6 Å². The van der Waals surface area contributed by atoms with Gasteiger partial charge in [-0.05, 0) is 45.2 Å². The van der Waals surface area contributed by atoms with E-state index in [9.17, 15) is 0 Å². The Hall–Kier alpha value is -0.120. The lowest BCUT2D eigenvalue weighted by atomic mass is 9.80. The smallest absolute Gasteiger partial charge is 0.0674 e. The van der Waals surface area contributed by atoms with Crippen molar-refractivity contribution in [3.05, 3.63) is 0 Å². The molecule has 3 nitrogen and oxygen atoms in total. The van der Waals surface area contributed by atoms with Crippen molar-refractivity contribution in [1.82, 2.24) is 10.2 Å². The molecule has 94 valence electrons. The summed E-state index contributed by atoms with van der Waals surface area (Å²) in [6.07, 6.45) is 3.03. The molecule has 2 aliphatic heterocycles. The van der Waals surface area contributed by atoms with Crippen LogP contribution in [0.4, 0.5) is 0 Å². The molecule has 3 heteroatoms. The molecule has 2 atom stereocenters. The van der Waals surface area contributed by atoms with E-state index in [4.69, 9.17) is 4.74 Å². The highest BCUT2D eigenvalue weighted by Gasteiger charge is 2.32. The molecule has 2 aliphatic rings. The number of rotatable bonds is 2. The molecule has 2 fully saturated rings. The van der Waals surface area contributed by atoms with Crippen LogP contribution >= 0.6 is 0 Å². The fraction of sp³-hybridized carbons (Fsp3) is 1.00. The molecule has 0 aromatic carbocycles. The quantitative estimate of drug-likeness (QED) is 0.772. The van der Waals surface area contributed by atoms with Crippen molar-refractivity contribution in [1.29, 1.82) is 0 Å². The molecule has 0 spiro atoms. The first-order valence-corrected chi connectivity index (χ1v) is 6.65. The van der Waals surface area contributed by atoms with E-state index in [-0.39, 0.29) is 0 Å². The Bertz CT molecular complexity index is 226. The second-order valence-electron chi connectivity index (χ2n) is 5.98. The molecular weight excluding hydrogens is 200 g/mol. The molecule has 0 aromatic rings. The summed E-state index contributed by atoms with van der Waals surface area (Å²) in [6.45, 7) is 12.5. The van der Waals surface area contributed by atoms with E-state index in [2.05, 4.69) is 31.0 Å². The molecule has 0 aliphatic carbocycles. The number of hydrogen-bond acceptors (Lipinski definition) is 3. The molecule has 0 bridgehead atoms. The zero-order valence-electron chi connectivity index (χ0n) is 11.0. The molecule has 1 N–H and O–H groups in total. The summed E-state index contributed by atoms with van der Waals surface area (Å²) in [5, 5.41) is 3.45. The minimum Gasteiger partial charge on any atom is -0.376 e. The van der Waals surface area contributed by atoms with Gasteiger partial charge in [-0.1, -0.05) is 6.92 Å². The van der Waals surface area contributed by atoms with E-state index in [1.54, 1.807) is 0 Å². The average Bonchev–Trinajstić information content (AvgIpc) is 2.24. The zero-order valence-corrected chi connectivity index (χ0v) is 11.0. The first kappa shape index (κ1) is 12.3. The maximum Gasteiger partial charge on any atom is 0.0674 e. The van der Waals surface area contributed by atoms with Gasteiger partial charge >= 0.3 is 0 Å². The zero-order chi connectivity index (χ0) is 11.6. The summed E-state index contributed by atoms with van der Waals surface area (Å²) in [5.74, 6) is 0.